The number of rotatable bonds is 5. The molecular formula is C14H20N2O3. The highest BCUT2D eigenvalue weighted by molar-refractivity contribution is 5.97. The second-order valence-electron chi connectivity index (χ2n) is 5.28. The van der Waals surface area contributed by atoms with Gasteiger partial charge >= 0.3 is 0 Å². The molecule has 0 saturated heterocycles. The maximum absolute atomic E-state index is 12.0. The van der Waals surface area contributed by atoms with Gasteiger partial charge in [0.05, 0.1) is 6.61 Å². The number of nitrogens with zero attached hydrogens (tertiary/aromatic N) is 1. The van der Waals surface area contributed by atoms with Gasteiger partial charge in [-0.15, -0.1) is 0 Å². The van der Waals surface area contributed by atoms with Crippen LogP contribution in [0.2, 0.25) is 0 Å². The molecule has 2 aliphatic rings. The van der Waals surface area contributed by atoms with Crippen molar-refractivity contribution in [3.05, 3.63) is 11.8 Å². The van der Waals surface area contributed by atoms with Gasteiger partial charge in [-0.25, -0.2) is 0 Å². The molecule has 0 spiro atoms. The maximum atomic E-state index is 12.0. The van der Waals surface area contributed by atoms with E-state index < -0.39 is 5.91 Å². The minimum Gasteiger partial charge on any atom is -0.500 e. The molecule has 2 aliphatic carbocycles. The number of carbonyl (C=O) groups excluding carboxylic acids is 1. The highest BCUT2D eigenvalue weighted by atomic mass is 16.5. The Morgan fingerprint density at radius 1 is 1.53 bits per heavy atom. The summed E-state index contributed by atoms with van der Waals surface area (Å²) in [4.78, 5) is 12.0. The van der Waals surface area contributed by atoms with Crippen LogP contribution in [-0.2, 0) is 9.53 Å². The van der Waals surface area contributed by atoms with E-state index in [1.165, 1.54) is 6.26 Å². The van der Waals surface area contributed by atoms with Crippen molar-refractivity contribution in [1.29, 1.82) is 5.26 Å². The van der Waals surface area contributed by atoms with Gasteiger partial charge in [-0.2, -0.15) is 5.26 Å². The van der Waals surface area contributed by atoms with E-state index in [1.54, 1.807) is 6.92 Å². The van der Waals surface area contributed by atoms with Gasteiger partial charge in [-0.3, -0.25) is 4.79 Å². The lowest BCUT2D eigenvalue weighted by Gasteiger charge is -2.30. The van der Waals surface area contributed by atoms with Gasteiger partial charge in [0.25, 0.3) is 5.91 Å². The van der Waals surface area contributed by atoms with Crippen LogP contribution in [0.5, 0.6) is 0 Å². The lowest BCUT2D eigenvalue weighted by molar-refractivity contribution is -0.118. The predicted octanol–water partition coefficient (Wildman–Crippen LogP) is 0.954. The van der Waals surface area contributed by atoms with Crippen LogP contribution < -0.4 is 5.32 Å². The zero-order valence-electron chi connectivity index (χ0n) is 11.1. The number of fused-ring (bicyclic) bond motifs is 2. The third kappa shape index (κ3) is 2.74. The first-order valence-corrected chi connectivity index (χ1v) is 6.84. The van der Waals surface area contributed by atoms with Crippen LogP contribution in [0.1, 0.15) is 26.2 Å². The van der Waals surface area contributed by atoms with E-state index >= 15 is 0 Å². The average molecular weight is 264 g/mol. The second kappa shape index (κ2) is 6.07. The van der Waals surface area contributed by atoms with E-state index in [9.17, 15) is 9.90 Å². The first kappa shape index (κ1) is 13.9. The van der Waals surface area contributed by atoms with Crippen molar-refractivity contribution in [3.8, 4) is 6.07 Å². The molecule has 5 heteroatoms. The zero-order valence-corrected chi connectivity index (χ0v) is 11.1. The molecule has 0 aromatic rings. The molecular weight excluding hydrogens is 244 g/mol. The molecule has 2 bridgehead atoms. The lowest BCUT2D eigenvalue weighted by Crippen LogP contribution is -2.45. The number of carbonyl (C=O) groups is 1. The smallest absolute Gasteiger partial charge is 0.265 e. The quantitative estimate of drug-likeness (QED) is 0.440. The lowest BCUT2D eigenvalue weighted by atomic mass is 9.85. The van der Waals surface area contributed by atoms with E-state index in [2.05, 4.69) is 5.32 Å². The molecule has 2 N–H and O–H groups in total. The number of ether oxygens (including phenoxy) is 1. The summed E-state index contributed by atoms with van der Waals surface area (Å²) >= 11 is 0. The summed E-state index contributed by atoms with van der Waals surface area (Å²) in [5.41, 5.74) is -0.0127. The fourth-order valence-electron chi connectivity index (χ4n) is 3.42. The molecule has 0 radical (unpaired) electrons. The van der Waals surface area contributed by atoms with Crippen LogP contribution in [0.15, 0.2) is 11.8 Å². The summed E-state index contributed by atoms with van der Waals surface area (Å²) in [5, 5.41) is 21.3. The van der Waals surface area contributed by atoms with Gasteiger partial charge in [-0.05, 0) is 38.0 Å². The Morgan fingerprint density at radius 2 is 2.26 bits per heavy atom. The molecule has 2 fully saturated rings. The molecule has 0 aliphatic heterocycles. The molecule has 2 rings (SSSR count). The number of amides is 1. The molecule has 4 unspecified atom stereocenters. The monoisotopic (exact) mass is 264 g/mol. The van der Waals surface area contributed by atoms with Crippen molar-refractivity contribution in [2.75, 3.05) is 13.2 Å². The summed E-state index contributed by atoms with van der Waals surface area (Å²) < 4.78 is 4.99. The number of aliphatic hydroxyl groups is 1. The van der Waals surface area contributed by atoms with Crippen LogP contribution in [0.3, 0.4) is 0 Å². The van der Waals surface area contributed by atoms with E-state index in [1.807, 2.05) is 6.07 Å². The summed E-state index contributed by atoms with van der Waals surface area (Å²) in [6, 6.07) is 1.84. The first-order valence-electron chi connectivity index (χ1n) is 6.84. The highest BCUT2D eigenvalue weighted by Gasteiger charge is 2.47. The topological polar surface area (TPSA) is 82.3 Å². The zero-order chi connectivity index (χ0) is 13.8. The Labute approximate surface area is 113 Å². The van der Waals surface area contributed by atoms with Crippen LogP contribution in [0.4, 0.5) is 0 Å². The van der Waals surface area contributed by atoms with E-state index in [0.717, 1.165) is 19.3 Å². The Balaban J connectivity index is 2.00. The van der Waals surface area contributed by atoms with E-state index in [4.69, 9.17) is 10.00 Å². The molecule has 1 amide bonds. The molecule has 0 aromatic heterocycles. The van der Waals surface area contributed by atoms with Crippen LogP contribution >= 0.6 is 0 Å². The van der Waals surface area contributed by atoms with Gasteiger partial charge in [-0.1, -0.05) is 0 Å². The van der Waals surface area contributed by atoms with E-state index in [0.29, 0.717) is 18.4 Å². The van der Waals surface area contributed by atoms with Crippen molar-refractivity contribution < 1.29 is 14.6 Å². The minimum absolute atomic E-state index is 0.00498. The van der Waals surface area contributed by atoms with Gasteiger partial charge in [0.2, 0.25) is 0 Å². The summed E-state index contributed by atoms with van der Waals surface area (Å²) in [5.74, 6) is 0.696. The maximum Gasteiger partial charge on any atom is 0.265 e. The van der Waals surface area contributed by atoms with Gasteiger partial charge < -0.3 is 15.2 Å². The third-order valence-electron chi connectivity index (χ3n) is 4.33. The number of hydrogen-bond donors (Lipinski definition) is 2. The number of nitrogens with one attached hydrogen (secondary N) is 1. The van der Waals surface area contributed by atoms with Crippen LogP contribution in [0.25, 0.3) is 0 Å². The van der Waals surface area contributed by atoms with Crippen molar-refractivity contribution >= 4 is 5.91 Å². The molecule has 0 heterocycles. The van der Waals surface area contributed by atoms with Crippen LogP contribution in [0, 0.1) is 29.1 Å². The Bertz CT molecular complexity index is 413. The summed E-state index contributed by atoms with van der Waals surface area (Å²) in [7, 11) is 0. The summed E-state index contributed by atoms with van der Waals surface area (Å²) in [6.45, 7) is 2.32. The largest absolute Gasteiger partial charge is 0.500 e. The van der Waals surface area contributed by atoms with Gasteiger partial charge in [0.15, 0.2) is 5.57 Å². The molecule has 104 valence electrons. The average Bonchev–Trinajstić information content (AvgIpc) is 3.00. The van der Waals surface area contributed by atoms with Gasteiger partial charge in [0, 0.05) is 18.6 Å². The van der Waals surface area contributed by atoms with Crippen molar-refractivity contribution in [1.82, 2.24) is 5.32 Å². The Hall–Kier alpha value is -1.54. The Kier molecular flexibility index (Phi) is 4.43. The molecule has 0 aromatic carbocycles. The number of aliphatic hydroxyl groups excluding tert-OH is 1. The number of nitriles is 1. The number of hydrogen-bond acceptors (Lipinski definition) is 4. The van der Waals surface area contributed by atoms with Crippen LogP contribution in [-0.4, -0.2) is 30.3 Å². The summed E-state index contributed by atoms with van der Waals surface area (Å²) in [6.07, 6.45) is 4.52. The van der Waals surface area contributed by atoms with Gasteiger partial charge in [0.1, 0.15) is 12.3 Å². The normalized spacial score (nSPS) is 33.0. The molecule has 5 nitrogen and oxygen atoms in total. The van der Waals surface area contributed by atoms with Crippen molar-refractivity contribution in [2.45, 2.75) is 32.2 Å². The molecule has 2 saturated carbocycles. The SMILES string of the molecule is CCO/C=C(/C#N)C(=O)NC1C2CCC(C2)C1CO. The minimum atomic E-state index is -0.396. The highest BCUT2D eigenvalue weighted by Crippen LogP contribution is 2.48. The van der Waals surface area contributed by atoms with E-state index in [-0.39, 0.29) is 24.1 Å². The standard InChI is InChI=1S/C14H20N2O3/c1-2-19-8-11(6-15)14(18)16-13-10-4-3-9(5-10)12(13)7-17/h8-10,12-13,17H,2-5,7H2,1H3,(H,16,18)/b11-8-. The fraction of sp³-hybridized carbons (Fsp3) is 0.714. The Morgan fingerprint density at radius 3 is 2.89 bits per heavy atom. The first-order chi connectivity index (χ1) is 9.21. The fourth-order valence-corrected chi connectivity index (χ4v) is 3.42. The van der Waals surface area contributed by atoms with Crippen molar-refractivity contribution in [2.24, 2.45) is 17.8 Å². The second-order valence-corrected chi connectivity index (χ2v) is 5.28. The molecule has 4 atom stereocenters. The van der Waals surface area contributed by atoms with Crippen molar-refractivity contribution in [3.63, 3.8) is 0 Å². The molecule has 19 heavy (non-hydrogen) atoms. The predicted molar refractivity (Wildman–Crippen MR) is 68.7 cm³/mol. The third-order valence-corrected chi connectivity index (χ3v) is 4.33.